The second-order valence-electron chi connectivity index (χ2n) is 5.57. The fraction of sp³-hybridized carbons (Fsp3) is 1.00. The minimum absolute atomic E-state index is 0.348. The molecule has 0 N–H and O–H groups in total. The lowest BCUT2D eigenvalue weighted by Gasteiger charge is -2.57. The molecule has 3 nitrogen and oxygen atoms in total. The zero-order chi connectivity index (χ0) is 11.2. The van der Waals surface area contributed by atoms with Crippen LogP contribution < -0.4 is 0 Å². The lowest BCUT2D eigenvalue weighted by molar-refractivity contribution is -0.509. The summed E-state index contributed by atoms with van der Waals surface area (Å²) in [5.74, 6) is -0.343. The van der Waals surface area contributed by atoms with Crippen LogP contribution >= 0.6 is 0 Å². The molecule has 1 atom stereocenters. The average Bonchev–Trinajstić information content (AvgIpc) is 2.24. The van der Waals surface area contributed by atoms with Gasteiger partial charge in [-0.3, -0.25) is 0 Å². The number of ether oxygens (including phenoxy) is 3. The molecule has 3 heterocycles. The summed E-state index contributed by atoms with van der Waals surface area (Å²) >= 11 is 0. The Balaban J connectivity index is 1.72. The molecule has 16 heavy (non-hydrogen) atoms. The Hall–Kier alpha value is -0.120. The molecule has 3 saturated heterocycles. The topological polar surface area (TPSA) is 27.7 Å². The van der Waals surface area contributed by atoms with E-state index in [1.807, 2.05) is 0 Å². The van der Waals surface area contributed by atoms with Crippen molar-refractivity contribution in [1.82, 2.24) is 0 Å². The highest BCUT2D eigenvalue weighted by Gasteiger charge is 2.57. The number of unbranched alkanes of at least 4 members (excludes halogenated alkanes) is 1. The predicted molar refractivity (Wildman–Crippen MR) is 59.9 cm³/mol. The normalized spacial score (nSPS) is 47.2. The summed E-state index contributed by atoms with van der Waals surface area (Å²) in [6, 6.07) is 0. The zero-order valence-electron chi connectivity index (χ0n) is 10.3. The third kappa shape index (κ3) is 1.69. The fourth-order valence-electron chi connectivity index (χ4n) is 3.27. The predicted octanol–water partition coefficient (Wildman–Crippen LogP) is 2.83. The average molecular weight is 226 g/mol. The monoisotopic (exact) mass is 226 g/mol. The van der Waals surface area contributed by atoms with E-state index in [1.165, 1.54) is 12.8 Å². The first-order valence-corrected chi connectivity index (χ1v) is 6.75. The van der Waals surface area contributed by atoms with Crippen LogP contribution in [0.25, 0.3) is 0 Å². The fourth-order valence-corrected chi connectivity index (χ4v) is 3.27. The van der Waals surface area contributed by atoms with Crippen molar-refractivity contribution < 1.29 is 14.2 Å². The lowest BCUT2D eigenvalue weighted by atomic mass is 9.87. The molecule has 4 fully saturated rings. The molecule has 0 radical (unpaired) electrons. The van der Waals surface area contributed by atoms with Gasteiger partial charge < -0.3 is 14.2 Å². The van der Waals surface area contributed by atoms with Crippen LogP contribution in [0.3, 0.4) is 0 Å². The SMILES string of the molecule is CCCCC(C)C12OC3CC(CC(C3)O1)O2. The molecule has 1 saturated carbocycles. The molecule has 4 bridgehead atoms. The van der Waals surface area contributed by atoms with Gasteiger partial charge in [-0.2, -0.15) is 0 Å². The van der Waals surface area contributed by atoms with Crippen molar-refractivity contribution in [1.29, 1.82) is 0 Å². The number of hydrogen-bond acceptors (Lipinski definition) is 3. The molecule has 1 aliphatic carbocycles. The van der Waals surface area contributed by atoms with Crippen LogP contribution in [-0.4, -0.2) is 24.3 Å². The van der Waals surface area contributed by atoms with Gasteiger partial charge in [-0.15, -0.1) is 0 Å². The van der Waals surface area contributed by atoms with Crippen molar-refractivity contribution in [2.24, 2.45) is 5.92 Å². The quantitative estimate of drug-likeness (QED) is 0.737. The molecular weight excluding hydrogens is 204 g/mol. The van der Waals surface area contributed by atoms with Gasteiger partial charge in [0.15, 0.2) is 0 Å². The van der Waals surface area contributed by atoms with Crippen molar-refractivity contribution in [2.75, 3.05) is 0 Å². The van der Waals surface area contributed by atoms with Crippen molar-refractivity contribution in [3.63, 3.8) is 0 Å². The van der Waals surface area contributed by atoms with Crippen molar-refractivity contribution in [3.8, 4) is 0 Å². The van der Waals surface area contributed by atoms with Crippen LogP contribution in [0.5, 0.6) is 0 Å². The maximum Gasteiger partial charge on any atom is 0.286 e. The van der Waals surface area contributed by atoms with Crippen LogP contribution in [0, 0.1) is 5.92 Å². The first-order valence-electron chi connectivity index (χ1n) is 6.75. The Bertz CT molecular complexity index is 229. The highest BCUT2D eigenvalue weighted by Crippen LogP contribution is 2.48. The first kappa shape index (κ1) is 11.0. The molecule has 0 spiro atoms. The van der Waals surface area contributed by atoms with Gasteiger partial charge in [0, 0.05) is 25.2 Å². The zero-order valence-corrected chi connectivity index (χ0v) is 10.3. The molecule has 4 rings (SSSR count). The molecule has 0 aromatic rings. The van der Waals surface area contributed by atoms with Crippen LogP contribution in [-0.2, 0) is 14.2 Å². The standard InChI is InChI=1S/C13H22O3/c1-3-4-5-9(2)13-14-10-6-11(15-13)8-12(7-10)16-13/h9-12H,3-8H2,1-2H3. The van der Waals surface area contributed by atoms with Gasteiger partial charge in [-0.25, -0.2) is 0 Å². The maximum absolute atomic E-state index is 6.03. The Kier molecular flexibility index (Phi) is 2.73. The van der Waals surface area contributed by atoms with Gasteiger partial charge in [-0.1, -0.05) is 26.7 Å². The van der Waals surface area contributed by atoms with E-state index < -0.39 is 5.97 Å². The molecule has 0 amide bonds. The summed E-state index contributed by atoms with van der Waals surface area (Å²) in [5.41, 5.74) is 0. The van der Waals surface area contributed by atoms with Crippen molar-refractivity contribution >= 4 is 0 Å². The van der Waals surface area contributed by atoms with E-state index in [2.05, 4.69) is 13.8 Å². The molecule has 4 aliphatic rings. The highest BCUT2D eigenvalue weighted by atomic mass is 16.9. The molecule has 0 aromatic carbocycles. The molecular formula is C13H22O3. The van der Waals surface area contributed by atoms with Gasteiger partial charge in [-0.05, 0) is 6.42 Å². The molecule has 0 aromatic heterocycles. The van der Waals surface area contributed by atoms with Gasteiger partial charge >= 0.3 is 0 Å². The summed E-state index contributed by atoms with van der Waals surface area (Å²) in [6.07, 6.45) is 7.94. The van der Waals surface area contributed by atoms with Gasteiger partial charge in [0.05, 0.1) is 18.3 Å². The van der Waals surface area contributed by atoms with Gasteiger partial charge in [0.25, 0.3) is 5.97 Å². The van der Waals surface area contributed by atoms with E-state index in [4.69, 9.17) is 14.2 Å². The highest BCUT2D eigenvalue weighted by molar-refractivity contribution is 4.93. The Morgan fingerprint density at radius 1 is 1.06 bits per heavy atom. The molecule has 3 heteroatoms. The van der Waals surface area contributed by atoms with E-state index in [0.717, 1.165) is 25.7 Å². The molecule has 3 aliphatic heterocycles. The second-order valence-corrected chi connectivity index (χ2v) is 5.57. The Labute approximate surface area is 97.4 Å². The summed E-state index contributed by atoms with van der Waals surface area (Å²) in [5, 5.41) is 0. The minimum Gasteiger partial charge on any atom is -0.324 e. The molecule has 1 unspecified atom stereocenters. The van der Waals surface area contributed by atoms with E-state index in [9.17, 15) is 0 Å². The summed E-state index contributed by atoms with van der Waals surface area (Å²) < 4.78 is 18.1. The van der Waals surface area contributed by atoms with E-state index in [1.54, 1.807) is 0 Å². The maximum atomic E-state index is 6.03. The second kappa shape index (κ2) is 3.97. The van der Waals surface area contributed by atoms with Crippen molar-refractivity contribution in [2.45, 2.75) is 76.7 Å². The first-order chi connectivity index (χ1) is 7.72. The van der Waals surface area contributed by atoms with E-state index in [0.29, 0.717) is 24.2 Å². The molecule has 92 valence electrons. The largest absolute Gasteiger partial charge is 0.324 e. The summed E-state index contributed by atoms with van der Waals surface area (Å²) in [4.78, 5) is 0. The van der Waals surface area contributed by atoms with E-state index >= 15 is 0 Å². The van der Waals surface area contributed by atoms with Crippen LogP contribution in [0.4, 0.5) is 0 Å². The smallest absolute Gasteiger partial charge is 0.286 e. The summed E-state index contributed by atoms with van der Waals surface area (Å²) in [7, 11) is 0. The summed E-state index contributed by atoms with van der Waals surface area (Å²) in [6.45, 7) is 4.41. The minimum atomic E-state index is -0.691. The van der Waals surface area contributed by atoms with Crippen LogP contribution in [0.1, 0.15) is 52.4 Å². The number of rotatable bonds is 4. The van der Waals surface area contributed by atoms with Crippen LogP contribution in [0.2, 0.25) is 0 Å². The Morgan fingerprint density at radius 2 is 1.56 bits per heavy atom. The Morgan fingerprint density at radius 3 is 2.00 bits per heavy atom. The lowest BCUT2D eigenvalue weighted by Crippen LogP contribution is -2.64. The third-order valence-corrected chi connectivity index (χ3v) is 4.16. The van der Waals surface area contributed by atoms with Crippen LogP contribution in [0.15, 0.2) is 0 Å². The number of hydrogen-bond donors (Lipinski definition) is 0. The van der Waals surface area contributed by atoms with Crippen molar-refractivity contribution in [3.05, 3.63) is 0 Å². The third-order valence-electron chi connectivity index (χ3n) is 4.16. The van der Waals surface area contributed by atoms with E-state index in [-0.39, 0.29) is 0 Å². The van der Waals surface area contributed by atoms with Gasteiger partial charge in [0.1, 0.15) is 0 Å². The van der Waals surface area contributed by atoms with Gasteiger partial charge in [0.2, 0.25) is 0 Å².